The highest BCUT2D eigenvalue weighted by atomic mass is 15.5. The quantitative estimate of drug-likeness (QED) is 0.386. The molecule has 0 amide bonds. The minimum Gasteiger partial charge on any atom is -0.189 e. The van der Waals surface area contributed by atoms with Gasteiger partial charge in [0.25, 0.3) is 0 Å². The van der Waals surface area contributed by atoms with Crippen LogP contribution in [-0.2, 0) is 0 Å². The number of hydrogen-bond donors (Lipinski definition) is 0. The van der Waals surface area contributed by atoms with Crippen LogP contribution in [0.1, 0.15) is 6.42 Å². The first-order valence-electron chi connectivity index (χ1n) is 2.58. The molecule has 0 atom stereocenters. The van der Waals surface area contributed by atoms with E-state index in [1.165, 1.54) is 13.0 Å². The van der Waals surface area contributed by atoms with Gasteiger partial charge in [-0.15, -0.1) is 4.68 Å². The molecule has 0 bridgehead atoms. The zero-order valence-electron chi connectivity index (χ0n) is 4.89. The van der Waals surface area contributed by atoms with Crippen molar-refractivity contribution in [3.05, 3.63) is 0 Å². The summed E-state index contributed by atoms with van der Waals surface area (Å²) in [4.78, 5) is 0. The van der Waals surface area contributed by atoms with Crippen LogP contribution in [0.4, 0.5) is 0 Å². The minimum atomic E-state index is 1.18. The maximum absolute atomic E-state index is 2.18. The predicted molar refractivity (Wildman–Crippen MR) is 29.5 cm³/mol. The number of hydrazone groups is 1. The van der Waals surface area contributed by atoms with Gasteiger partial charge in [-0.05, 0) is 0 Å². The van der Waals surface area contributed by atoms with Crippen LogP contribution in [0.3, 0.4) is 0 Å². The van der Waals surface area contributed by atoms with Gasteiger partial charge < -0.3 is 0 Å². The van der Waals surface area contributed by atoms with Crippen molar-refractivity contribution in [1.29, 1.82) is 0 Å². The zero-order chi connectivity index (χ0) is 5.28. The summed E-state index contributed by atoms with van der Waals surface area (Å²) in [6.07, 6.45) is 3.38. The topological polar surface area (TPSA) is 6.25 Å². The molecule has 0 aromatic rings. The summed E-state index contributed by atoms with van der Waals surface area (Å²) >= 11 is 0. The molecule has 0 unspecified atom stereocenters. The molecule has 0 aromatic heterocycles. The van der Waals surface area contributed by atoms with Gasteiger partial charge in [-0.3, -0.25) is 0 Å². The summed E-state index contributed by atoms with van der Waals surface area (Å²) in [5, 5.41) is 2.18. The Balaban J connectivity index is 2.54. The van der Waals surface area contributed by atoms with Gasteiger partial charge in [0, 0.05) is 0 Å². The second-order valence-electron chi connectivity index (χ2n) is 1.93. The van der Waals surface area contributed by atoms with Crippen molar-refractivity contribution in [2.24, 2.45) is 0 Å². The van der Waals surface area contributed by atoms with E-state index < -0.39 is 0 Å². The number of hydrazine groups is 1. The Morgan fingerprint density at radius 1 is 1.71 bits per heavy atom. The second-order valence-corrected chi connectivity index (χ2v) is 1.93. The molecule has 0 N–H and O–H groups in total. The second kappa shape index (κ2) is 1.52. The van der Waals surface area contributed by atoms with Gasteiger partial charge in [-0.1, -0.05) is 0 Å². The molecule has 1 heterocycles. The summed E-state index contributed by atoms with van der Waals surface area (Å²) in [6.45, 7) is 1.18. The first-order chi connectivity index (χ1) is 3.30. The Labute approximate surface area is 44.0 Å². The molecule has 0 spiro atoms. The van der Waals surface area contributed by atoms with E-state index in [0.29, 0.717) is 0 Å². The van der Waals surface area contributed by atoms with E-state index in [4.69, 9.17) is 0 Å². The fourth-order valence-corrected chi connectivity index (χ4v) is 0.729. The molecule has 0 fully saturated rings. The first-order valence-corrected chi connectivity index (χ1v) is 2.58. The molecule has 40 valence electrons. The summed E-state index contributed by atoms with van der Waals surface area (Å²) in [5.74, 6) is 0. The van der Waals surface area contributed by atoms with Crippen molar-refractivity contribution in [2.75, 3.05) is 20.6 Å². The van der Waals surface area contributed by atoms with E-state index in [9.17, 15) is 0 Å². The molecular formula is C5H11N2+. The third kappa shape index (κ3) is 0.734. The highest BCUT2D eigenvalue weighted by Gasteiger charge is 2.10. The minimum absolute atomic E-state index is 1.18. The van der Waals surface area contributed by atoms with E-state index >= 15 is 0 Å². The number of hydrogen-bond acceptors (Lipinski definition) is 1. The van der Waals surface area contributed by atoms with Crippen LogP contribution in [0.5, 0.6) is 0 Å². The van der Waals surface area contributed by atoms with Crippen LogP contribution in [0.15, 0.2) is 0 Å². The van der Waals surface area contributed by atoms with Crippen molar-refractivity contribution < 1.29 is 4.68 Å². The Morgan fingerprint density at radius 2 is 2.43 bits per heavy atom. The van der Waals surface area contributed by atoms with Crippen molar-refractivity contribution in [2.45, 2.75) is 6.42 Å². The van der Waals surface area contributed by atoms with Crippen molar-refractivity contribution in [1.82, 2.24) is 5.01 Å². The van der Waals surface area contributed by atoms with Gasteiger partial charge in [0.2, 0.25) is 0 Å². The highest BCUT2D eigenvalue weighted by Crippen LogP contribution is 1.91. The van der Waals surface area contributed by atoms with Crippen LogP contribution in [-0.4, -0.2) is 36.5 Å². The fraction of sp³-hybridized carbons (Fsp3) is 0.800. The summed E-state index contributed by atoms with van der Waals surface area (Å²) in [5.41, 5.74) is 0. The molecule has 0 aliphatic carbocycles. The molecule has 1 aliphatic rings. The molecule has 1 aliphatic heterocycles. The average molecular weight is 99.2 g/mol. The van der Waals surface area contributed by atoms with Crippen LogP contribution >= 0.6 is 0 Å². The van der Waals surface area contributed by atoms with Crippen LogP contribution in [0.2, 0.25) is 0 Å². The largest absolute Gasteiger partial charge is 0.189 e. The maximum atomic E-state index is 2.18. The summed E-state index contributed by atoms with van der Waals surface area (Å²) in [7, 11) is 4.15. The smallest absolute Gasteiger partial charge is 0.171 e. The Hall–Kier alpha value is -0.530. The SMILES string of the molecule is CN1CCC=[N+]1C. The molecule has 0 radical (unpaired) electrons. The fourth-order valence-electron chi connectivity index (χ4n) is 0.729. The molecule has 1 rings (SSSR count). The molecule has 2 nitrogen and oxygen atoms in total. The zero-order valence-corrected chi connectivity index (χ0v) is 4.89. The van der Waals surface area contributed by atoms with Crippen LogP contribution in [0, 0.1) is 0 Å². The molecule has 0 aromatic carbocycles. The van der Waals surface area contributed by atoms with E-state index in [2.05, 4.69) is 30.0 Å². The lowest BCUT2D eigenvalue weighted by atomic mass is 10.5. The van der Waals surface area contributed by atoms with Gasteiger partial charge in [0.15, 0.2) is 13.3 Å². The van der Waals surface area contributed by atoms with E-state index in [0.717, 1.165) is 0 Å². The van der Waals surface area contributed by atoms with Gasteiger partial charge in [0.05, 0.1) is 20.0 Å². The maximum Gasteiger partial charge on any atom is 0.171 e. The normalized spacial score (nSPS) is 20.3. The van der Waals surface area contributed by atoms with Gasteiger partial charge >= 0.3 is 0 Å². The molecule has 7 heavy (non-hydrogen) atoms. The summed E-state index contributed by atoms with van der Waals surface area (Å²) in [6, 6.07) is 0. The Kier molecular flexibility index (Phi) is 1.01. The number of rotatable bonds is 0. The average Bonchev–Trinajstić information content (AvgIpc) is 1.91. The Morgan fingerprint density at radius 3 is 2.57 bits per heavy atom. The Bertz CT molecular complexity index is 96.3. The lowest BCUT2D eigenvalue weighted by Gasteiger charge is -2.02. The molecule has 2 heteroatoms. The number of nitrogens with zero attached hydrogens (tertiary/aromatic N) is 2. The van der Waals surface area contributed by atoms with E-state index in [1.54, 1.807) is 0 Å². The monoisotopic (exact) mass is 99.1 g/mol. The standard InChI is InChI=1S/C5H11N2/c1-6-4-3-5-7(6)2/h4H,3,5H2,1-2H3/q+1. The molecule has 0 saturated carbocycles. The van der Waals surface area contributed by atoms with Gasteiger partial charge in [-0.2, -0.15) is 5.01 Å². The van der Waals surface area contributed by atoms with E-state index in [1.807, 2.05) is 0 Å². The van der Waals surface area contributed by atoms with Gasteiger partial charge in [0.1, 0.15) is 0 Å². The third-order valence-electron chi connectivity index (χ3n) is 1.38. The van der Waals surface area contributed by atoms with Crippen molar-refractivity contribution in [3.8, 4) is 0 Å². The lowest BCUT2D eigenvalue weighted by molar-refractivity contribution is -0.648. The van der Waals surface area contributed by atoms with Crippen LogP contribution in [0.25, 0.3) is 0 Å². The van der Waals surface area contributed by atoms with E-state index in [-0.39, 0.29) is 0 Å². The third-order valence-corrected chi connectivity index (χ3v) is 1.38. The van der Waals surface area contributed by atoms with Gasteiger partial charge in [-0.25, -0.2) is 0 Å². The first kappa shape index (κ1) is 4.62. The van der Waals surface area contributed by atoms with Crippen molar-refractivity contribution >= 4 is 6.21 Å². The van der Waals surface area contributed by atoms with Crippen molar-refractivity contribution in [3.63, 3.8) is 0 Å². The highest BCUT2D eigenvalue weighted by molar-refractivity contribution is 5.52. The summed E-state index contributed by atoms with van der Waals surface area (Å²) < 4.78 is 2.11. The molecule has 0 saturated heterocycles. The lowest BCUT2D eigenvalue weighted by Crippen LogP contribution is -2.22. The molecular weight excluding hydrogens is 88.1 g/mol. The van der Waals surface area contributed by atoms with Crippen LogP contribution < -0.4 is 0 Å². The predicted octanol–water partition coefficient (Wildman–Crippen LogP) is -0.0500.